The Bertz CT molecular complexity index is 1200. The number of hydrogen-bond acceptors (Lipinski definition) is 4. The zero-order chi connectivity index (χ0) is 30.2. The van der Waals surface area contributed by atoms with E-state index >= 15 is 0 Å². The standard InChI is InChI=1S/C33H45N3O4/c1-11-26-17-19-27(20-18-26)29(30(37)35-28-22(4)13-12-14-23(28)5)36(24(6)16-15-21(2)3)31(38)25(7)34-32(39)40-33(8,9)10/h1,12-14,17-21,24-25,29H,15-16H2,2-10H3,(H,34,39)(H,35,37). The molecule has 7 heteroatoms. The third-order valence-corrected chi connectivity index (χ3v) is 6.64. The maximum Gasteiger partial charge on any atom is 0.408 e. The van der Waals surface area contributed by atoms with Gasteiger partial charge in [0.15, 0.2) is 0 Å². The Morgan fingerprint density at radius 2 is 1.52 bits per heavy atom. The molecule has 2 aromatic rings. The fourth-order valence-electron chi connectivity index (χ4n) is 4.49. The highest BCUT2D eigenvalue weighted by molar-refractivity contribution is 6.00. The molecule has 7 nitrogen and oxygen atoms in total. The molecule has 0 aromatic heterocycles. The Hall–Kier alpha value is -3.79. The van der Waals surface area contributed by atoms with Gasteiger partial charge in [0.2, 0.25) is 5.91 Å². The van der Waals surface area contributed by atoms with Crippen LogP contribution in [-0.4, -0.2) is 40.5 Å². The quantitative estimate of drug-likeness (QED) is 0.331. The average Bonchev–Trinajstić information content (AvgIpc) is 2.86. The minimum absolute atomic E-state index is 0.307. The van der Waals surface area contributed by atoms with Crippen molar-refractivity contribution in [3.8, 4) is 12.3 Å². The number of ether oxygens (including phenoxy) is 1. The summed E-state index contributed by atoms with van der Waals surface area (Å²) in [5, 5.41) is 5.74. The van der Waals surface area contributed by atoms with Crippen molar-refractivity contribution in [3.63, 3.8) is 0 Å². The summed E-state index contributed by atoms with van der Waals surface area (Å²) in [6, 6.07) is 10.7. The number of hydrogen-bond donors (Lipinski definition) is 2. The molecule has 2 aromatic carbocycles. The van der Waals surface area contributed by atoms with Crippen molar-refractivity contribution in [1.29, 1.82) is 0 Å². The van der Waals surface area contributed by atoms with Gasteiger partial charge in [-0.15, -0.1) is 6.42 Å². The van der Waals surface area contributed by atoms with Gasteiger partial charge in [-0.25, -0.2) is 4.79 Å². The monoisotopic (exact) mass is 547 g/mol. The number of rotatable bonds is 10. The first-order valence-corrected chi connectivity index (χ1v) is 13.9. The summed E-state index contributed by atoms with van der Waals surface area (Å²) in [4.78, 5) is 42.4. The Labute approximate surface area is 240 Å². The molecular weight excluding hydrogens is 502 g/mol. The second-order valence-electron chi connectivity index (χ2n) is 11.9. The van der Waals surface area contributed by atoms with E-state index in [1.807, 2.05) is 39.0 Å². The average molecular weight is 548 g/mol. The number of terminal acetylenes is 1. The highest BCUT2D eigenvalue weighted by Gasteiger charge is 2.37. The number of nitrogens with zero attached hydrogens (tertiary/aromatic N) is 1. The largest absolute Gasteiger partial charge is 0.444 e. The molecule has 0 aliphatic heterocycles. The topological polar surface area (TPSA) is 87.7 Å². The molecule has 2 rings (SSSR count). The number of carbonyl (C=O) groups is 3. The second-order valence-corrected chi connectivity index (χ2v) is 11.9. The molecule has 0 fully saturated rings. The van der Waals surface area contributed by atoms with Gasteiger partial charge >= 0.3 is 6.09 Å². The first kappa shape index (κ1) is 32.4. The fourth-order valence-corrected chi connectivity index (χ4v) is 4.49. The summed E-state index contributed by atoms with van der Waals surface area (Å²) in [6.45, 7) is 16.9. The van der Waals surface area contributed by atoms with Gasteiger partial charge in [0.25, 0.3) is 5.91 Å². The number of alkyl carbamates (subject to hydrolysis) is 1. The summed E-state index contributed by atoms with van der Waals surface area (Å²) in [6.07, 6.45) is 6.42. The normalized spacial score (nSPS) is 13.5. The van der Waals surface area contributed by atoms with Crippen LogP contribution in [0.25, 0.3) is 0 Å². The van der Waals surface area contributed by atoms with Crippen LogP contribution in [0, 0.1) is 32.1 Å². The summed E-state index contributed by atoms with van der Waals surface area (Å²) in [5.74, 6) is 2.28. The van der Waals surface area contributed by atoms with E-state index in [0.29, 0.717) is 29.2 Å². The van der Waals surface area contributed by atoms with Crippen molar-refractivity contribution in [1.82, 2.24) is 10.2 Å². The van der Waals surface area contributed by atoms with Crippen molar-refractivity contribution in [2.75, 3.05) is 5.32 Å². The van der Waals surface area contributed by atoms with E-state index in [4.69, 9.17) is 11.2 Å². The van der Waals surface area contributed by atoms with Gasteiger partial charge in [-0.05, 0) is 96.0 Å². The van der Waals surface area contributed by atoms with Crippen LogP contribution in [0.5, 0.6) is 0 Å². The molecule has 40 heavy (non-hydrogen) atoms. The summed E-state index contributed by atoms with van der Waals surface area (Å²) >= 11 is 0. The zero-order valence-corrected chi connectivity index (χ0v) is 25.4. The van der Waals surface area contributed by atoms with Crippen molar-refractivity contribution in [2.45, 2.75) is 98.9 Å². The van der Waals surface area contributed by atoms with Gasteiger partial charge in [-0.1, -0.05) is 50.1 Å². The van der Waals surface area contributed by atoms with Crippen molar-refractivity contribution < 1.29 is 19.1 Å². The van der Waals surface area contributed by atoms with E-state index in [1.54, 1.807) is 56.9 Å². The van der Waals surface area contributed by atoms with Gasteiger partial charge in [-0.2, -0.15) is 0 Å². The van der Waals surface area contributed by atoms with Crippen molar-refractivity contribution >= 4 is 23.6 Å². The lowest BCUT2D eigenvalue weighted by Gasteiger charge is -2.38. The first-order valence-electron chi connectivity index (χ1n) is 13.9. The Morgan fingerprint density at radius 1 is 0.950 bits per heavy atom. The van der Waals surface area contributed by atoms with Crippen LogP contribution in [0.2, 0.25) is 0 Å². The summed E-state index contributed by atoms with van der Waals surface area (Å²) in [7, 11) is 0. The molecule has 0 aliphatic rings. The Morgan fingerprint density at radius 3 is 2.02 bits per heavy atom. The van der Waals surface area contributed by atoms with Gasteiger partial charge in [0.1, 0.15) is 17.7 Å². The van der Waals surface area contributed by atoms with E-state index < -0.39 is 23.8 Å². The number of para-hydroxylation sites is 1. The maximum atomic E-state index is 14.1. The van der Waals surface area contributed by atoms with Gasteiger partial charge in [0.05, 0.1) is 0 Å². The number of amides is 3. The molecule has 0 heterocycles. The van der Waals surface area contributed by atoms with E-state index in [-0.39, 0.29) is 17.9 Å². The molecule has 0 radical (unpaired) electrons. The second kappa shape index (κ2) is 14.0. The highest BCUT2D eigenvalue weighted by Crippen LogP contribution is 2.30. The summed E-state index contributed by atoms with van der Waals surface area (Å²) in [5.41, 5.74) is 3.12. The third-order valence-electron chi connectivity index (χ3n) is 6.64. The van der Waals surface area contributed by atoms with Gasteiger partial charge < -0.3 is 20.3 Å². The highest BCUT2D eigenvalue weighted by atomic mass is 16.6. The Balaban J connectivity index is 2.58. The minimum Gasteiger partial charge on any atom is -0.444 e. The van der Waals surface area contributed by atoms with Crippen LogP contribution >= 0.6 is 0 Å². The Kier molecular flexibility index (Phi) is 11.4. The lowest BCUT2D eigenvalue weighted by atomic mass is 9.96. The molecule has 3 atom stereocenters. The van der Waals surface area contributed by atoms with E-state index in [0.717, 1.165) is 17.5 Å². The van der Waals surface area contributed by atoms with Gasteiger partial charge in [0, 0.05) is 17.3 Å². The molecule has 2 N–H and O–H groups in total. The maximum absolute atomic E-state index is 14.1. The number of carbonyl (C=O) groups excluding carboxylic acids is 3. The van der Waals surface area contributed by atoms with Crippen LogP contribution in [0.4, 0.5) is 10.5 Å². The smallest absolute Gasteiger partial charge is 0.408 e. The number of aryl methyl sites for hydroxylation is 2. The molecule has 0 saturated heterocycles. The van der Waals surface area contributed by atoms with Crippen LogP contribution in [0.15, 0.2) is 42.5 Å². The molecule has 0 bridgehead atoms. The SMILES string of the molecule is C#Cc1ccc(C(C(=O)Nc2c(C)cccc2C)N(C(=O)C(C)NC(=O)OC(C)(C)C)C(C)CCC(C)C)cc1. The number of nitrogens with one attached hydrogen (secondary N) is 2. The lowest BCUT2D eigenvalue weighted by Crippen LogP contribution is -2.54. The zero-order valence-electron chi connectivity index (χ0n) is 25.4. The lowest BCUT2D eigenvalue weighted by molar-refractivity contribution is -0.143. The molecule has 3 unspecified atom stereocenters. The van der Waals surface area contributed by atoms with E-state index in [1.165, 1.54) is 0 Å². The molecule has 0 aliphatic carbocycles. The van der Waals surface area contributed by atoms with Gasteiger partial charge in [-0.3, -0.25) is 9.59 Å². The fraction of sp³-hybridized carbons (Fsp3) is 0.485. The predicted octanol–water partition coefficient (Wildman–Crippen LogP) is 6.53. The van der Waals surface area contributed by atoms with E-state index in [2.05, 4.69) is 30.4 Å². The van der Waals surface area contributed by atoms with Crippen LogP contribution in [0.3, 0.4) is 0 Å². The van der Waals surface area contributed by atoms with Crippen LogP contribution in [0.1, 0.15) is 89.6 Å². The van der Waals surface area contributed by atoms with Crippen LogP contribution in [-0.2, 0) is 14.3 Å². The van der Waals surface area contributed by atoms with Crippen molar-refractivity contribution in [2.24, 2.45) is 5.92 Å². The molecule has 0 spiro atoms. The first-order chi connectivity index (χ1) is 18.6. The number of benzene rings is 2. The molecule has 216 valence electrons. The van der Waals surface area contributed by atoms with E-state index in [9.17, 15) is 14.4 Å². The number of anilines is 1. The predicted molar refractivity (Wildman–Crippen MR) is 161 cm³/mol. The molecule has 3 amide bonds. The summed E-state index contributed by atoms with van der Waals surface area (Å²) < 4.78 is 5.38. The molecular formula is C33H45N3O4. The molecule has 0 saturated carbocycles. The third kappa shape index (κ3) is 9.15. The van der Waals surface area contributed by atoms with Crippen LogP contribution < -0.4 is 10.6 Å². The minimum atomic E-state index is -0.969. The van der Waals surface area contributed by atoms with Crippen molar-refractivity contribution in [3.05, 3.63) is 64.7 Å².